The van der Waals surface area contributed by atoms with Gasteiger partial charge >= 0.3 is 5.97 Å². The summed E-state index contributed by atoms with van der Waals surface area (Å²) in [6.45, 7) is 0. The van der Waals surface area contributed by atoms with Crippen LogP contribution in [0, 0.1) is 0 Å². The normalized spacial score (nSPS) is 12.1. The molecular formula is C12H9Cl2NO3. The molecule has 94 valence electrons. The molecule has 0 saturated carbocycles. The highest BCUT2D eigenvalue weighted by molar-refractivity contribution is 6.43. The molecule has 0 spiro atoms. The van der Waals surface area contributed by atoms with E-state index < -0.39 is 12.0 Å². The summed E-state index contributed by atoms with van der Waals surface area (Å²) in [5, 5.41) is 12.6. The molecule has 2 aromatic rings. The Bertz CT molecular complexity index is 554. The standard InChI is InChI=1S/C12H9Cl2NO3/c13-7-3-1-4-8(10(7)14)15-11(12(16)17)9-5-2-6-18-9/h1-6,11,15H,(H,16,17). The average molecular weight is 286 g/mol. The van der Waals surface area contributed by atoms with Crippen LogP contribution in [0.5, 0.6) is 0 Å². The van der Waals surface area contributed by atoms with Crippen LogP contribution in [0.25, 0.3) is 0 Å². The van der Waals surface area contributed by atoms with E-state index in [1.807, 2.05) is 0 Å². The van der Waals surface area contributed by atoms with E-state index in [4.69, 9.17) is 32.7 Å². The third-order valence-corrected chi connectivity index (χ3v) is 3.14. The van der Waals surface area contributed by atoms with Crippen LogP contribution in [0.3, 0.4) is 0 Å². The molecule has 4 nitrogen and oxygen atoms in total. The number of benzene rings is 1. The summed E-state index contributed by atoms with van der Waals surface area (Å²) in [6, 6.07) is 7.12. The van der Waals surface area contributed by atoms with E-state index in [9.17, 15) is 4.79 Å². The molecule has 0 aliphatic rings. The lowest BCUT2D eigenvalue weighted by molar-refractivity contribution is -0.138. The highest BCUT2D eigenvalue weighted by Gasteiger charge is 2.23. The second kappa shape index (κ2) is 5.33. The van der Waals surface area contributed by atoms with Gasteiger partial charge in [0.05, 0.1) is 22.0 Å². The highest BCUT2D eigenvalue weighted by atomic mass is 35.5. The maximum atomic E-state index is 11.2. The molecule has 1 heterocycles. The number of carbonyl (C=O) groups is 1. The van der Waals surface area contributed by atoms with Crippen LogP contribution in [-0.2, 0) is 4.79 Å². The first-order valence-electron chi connectivity index (χ1n) is 5.06. The molecule has 1 atom stereocenters. The van der Waals surface area contributed by atoms with Crippen LogP contribution in [0.15, 0.2) is 41.0 Å². The number of aliphatic carboxylic acids is 1. The van der Waals surface area contributed by atoms with Crippen molar-refractivity contribution in [2.75, 3.05) is 5.32 Å². The predicted molar refractivity (Wildman–Crippen MR) is 69.2 cm³/mol. The van der Waals surface area contributed by atoms with Crippen molar-refractivity contribution in [2.45, 2.75) is 6.04 Å². The Hall–Kier alpha value is -1.65. The van der Waals surface area contributed by atoms with Gasteiger partial charge in [-0.15, -0.1) is 0 Å². The lowest BCUT2D eigenvalue weighted by Gasteiger charge is -2.15. The van der Waals surface area contributed by atoms with Crippen molar-refractivity contribution < 1.29 is 14.3 Å². The minimum atomic E-state index is -1.07. The summed E-state index contributed by atoms with van der Waals surface area (Å²) in [4.78, 5) is 11.2. The molecule has 0 saturated heterocycles. The van der Waals surface area contributed by atoms with Gasteiger partial charge in [-0.1, -0.05) is 29.3 Å². The molecular weight excluding hydrogens is 277 g/mol. The van der Waals surface area contributed by atoms with Gasteiger partial charge in [0.25, 0.3) is 0 Å². The van der Waals surface area contributed by atoms with Gasteiger partial charge < -0.3 is 14.8 Å². The Kier molecular flexibility index (Phi) is 3.79. The Labute approximate surface area is 113 Å². The number of rotatable bonds is 4. The molecule has 0 radical (unpaired) electrons. The van der Waals surface area contributed by atoms with Gasteiger partial charge in [-0.25, -0.2) is 4.79 Å². The van der Waals surface area contributed by atoms with Gasteiger partial charge in [0, 0.05) is 0 Å². The van der Waals surface area contributed by atoms with Crippen molar-refractivity contribution in [3.8, 4) is 0 Å². The molecule has 0 amide bonds. The summed E-state index contributed by atoms with van der Waals surface area (Å²) >= 11 is 11.8. The van der Waals surface area contributed by atoms with Gasteiger partial charge in [0.15, 0.2) is 6.04 Å². The molecule has 2 rings (SSSR count). The average Bonchev–Trinajstić information content (AvgIpc) is 2.84. The van der Waals surface area contributed by atoms with Crippen LogP contribution in [0.2, 0.25) is 10.0 Å². The topological polar surface area (TPSA) is 62.5 Å². The Morgan fingerprint density at radius 3 is 2.67 bits per heavy atom. The summed E-state index contributed by atoms with van der Waals surface area (Å²) in [5.41, 5.74) is 0.438. The first kappa shape index (κ1) is 12.8. The minimum Gasteiger partial charge on any atom is -0.479 e. The van der Waals surface area contributed by atoms with Crippen LogP contribution >= 0.6 is 23.2 Å². The molecule has 1 unspecified atom stereocenters. The van der Waals surface area contributed by atoms with Crippen LogP contribution in [-0.4, -0.2) is 11.1 Å². The number of carboxylic acid groups (broad SMARTS) is 1. The molecule has 1 aromatic heterocycles. The van der Waals surface area contributed by atoms with E-state index in [0.29, 0.717) is 16.5 Å². The third-order valence-electron chi connectivity index (χ3n) is 2.33. The summed E-state index contributed by atoms with van der Waals surface area (Å²) in [6.07, 6.45) is 1.41. The van der Waals surface area contributed by atoms with Gasteiger partial charge in [-0.3, -0.25) is 0 Å². The molecule has 1 aromatic carbocycles. The monoisotopic (exact) mass is 285 g/mol. The van der Waals surface area contributed by atoms with Crippen LogP contribution in [0.4, 0.5) is 5.69 Å². The maximum Gasteiger partial charge on any atom is 0.334 e. The Morgan fingerprint density at radius 1 is 1.28 bits per heavy atom. The van der Waals surface area contributed by atoms with E-state index in [1.54, 1.807) is 30.3 Å². The number of furan rings is 1. The predicted octanol–water partition coefficient (Wildman–Crippen LogP) is 3.82. The maximum absolute atomic E-state index is 11.2. The second-order valence-electron chi connectivity index (χ2n) is 3.53. The van der Waals surface area contributed by atoms with Gasteiger partial charge in [-0.05, 0) is 24.3 Å². The first-order chi connectivity index (χ1) is 8.59. The van der Waals surface area contributed by atoms with Gasteiger partial charge in [0.2, 0.25) is 0 Å². The summed E-state index contributed by atoms with van der Waals surface area (Å²) < 4.78 is 5.08. The highest BCUT2D eigenvalue weighted by Crippen LogP contribution is 2.32. The SMILES string of the molecule is O=C(O)C(Nc1cccc(Cl)c1Cl)c1ccco1. The van der Waals surface area contributed by atoms with Crippen molar-refractivity contribution in [1.29, 1.82) is 0 Å². The van der Waals surface area contributed by atoms with Crippen molar-refractivity contribution in [2.24, 2.45) is 0 Å². The lowest BCUT2D eigenvalue weighted by atomic mass is 10.2. The summed E-state index contributed by atoms with van der Waals surface area (Å²) in [7, 11) is 0. The number of hydrogen-bond acceptors (Lipinski definition) is 3. The fourth-order valence-electron chi connectivity index (χ4n) is 1.48. The smallest absolute Gasteiger partial charge is 0.334 e. The van der Waals surface area contributed by atoms with Gasteiger partial charge in [0.1, 0.15) is 5.76 Å². The zero-order chi connectivity index (χ0) is 13.1. The van der Waals surface area contributed by atoms with E-state index in [-0.39, 0.29) is 5.02 Å². The number of hydrogen-bond donors (Lipinski definition) is 2. The molecule has 0 aliphatic carbocycles. The fourth-order valence-corrected chi connectivity index (χ4v) is 1.84. The molecule has 0 aliphatic heterocycles. The van der Waals surface area contributed by atoms with E-state index >= 15 is 0 Å². The molecule has 0 bridgehead atoms. The van der Waals surface area contributed by atoms with Gasteiger partial charge in [-0.2, -0.15) is 0 Å². The van der Waals surface area contributed by atoms with Crippen LogP contribution in [0.1, 0.15) is 11.8 Å². The molecule has 0 fully saturated rings. The second-order valence-corrected chi connectivity index (χ2v) is 4.32. The third kappa shape index (κ3) is 2.60. The van der Waals surface area contributed by atoms with E-state index in [0.717, 1.165) is 0 Å². The number of halogens is 2. The zero-order valence-corrected chi connectivity index (χ0v) is 10.6. The molecule has 2 N–H and O–H groups in total. The first-order valence-corrected chi connectivity index (χ1v) is 5.82. The fraction of sp³-hybridized carbons (Fsp3) is 0.0833. The molecule has 18 heavy (non-hydrogen) atoms. The van der Waals surface area contributed by atoms with Crippen molar-refractivity contribution >= 4 is 34.9 Å². The van der Waals surface area contributed by atoms with E-state index in [2.05, 4.69) is 5.32 Å². The van der Waals surface area contributed by atoms with Crippen LogP contribution < -0.4 is 5.32 Å². The van der Waals surface area contributed by atoms with Crippen molar-refractivity contribution in [3.63, 3.8) is 0 Å². The molecule has 6 heteroatoms. The van der Waals surface area contributed by atoms with E-state index in [1.165, 1.54) is 6.26 Å². The largest absolute Gasteiger partial charge is 0.479 e. The minimum absolute atomic E-state index is 0.275. The zero-order valence-electron chi connectivity index (χ0n) is 9.06. The quantitative estimate of drug-likeness (QED) is 0.896. The Balaban J connectivity index is 2.30. The summed E-state index contributed by atoms with van der Waals surface area (Å²) in [5.74, 6) is -0.778. The Morgan fingerprint density at radius 2 is 2.06 bits per heavy atom. The number of anilines is 1. The lowest BCUT2D eigenvalue weighted by Crippen LogP contribution is -2.20. The van der Waals surface area contributed by atoms with Crippen molar-refractivity contribution in [3.05, 3.63) is 52.4 Å². The number of nitrogens with one attached hydrogen (secondary N) is 1. The van der Waals surface area contributed by atoms with Crippen molar-refractivity contribution in [1.82, 2.24) is 0 Å². The number of carboxylic acids is 1.